The van der Waals surface area contributed by atoms with E-state index in [-0.39, 0.29) is 11.7 Å². The van der Waals surface area contributed by atoms with Crippen molar-refractivity contribution in [3.05, 3.63) is 125 Å². The van der Waals surface area contributed by atoms with Gasteiger partial charge in [-0.3, -0.25) is 9.79 Å². The Morgan fingerprint density at radius 1 is 0.857 bits per heavy atom. The van der Waals surface area contributed by atoms with E-state index in [1.807, 2.05) is 60.7 Å². The number of nitrogens with zero attached hydrogens (tertiary/aromatic N) is 1. The van der Waals surface area contributed by atoms with Gasteiger partial charge in [0.2, 0.25) is 0 Å². The molecule has 0 amide bonds. The number of benzene rings is 3. The van der Waals surface area contributed by atoms with Gasteiger partial charge in [0.15, 0.2) is 5.78 Å². The SMILES string of the molecule is COc1cc(/C=C/C(=C/CCCC(=O)/C=C/[C@@H](C)CN=C(c2ccccc2)c2ccccc2)[Si](C)(C)C)cc(OC)c1. The van der Waals surface area contributed by atoms with Crippen molar-refractivity contribution in [3.8, 4) is 11.5 Å². The second-order valence-corrected chi connectivity index (χ2v) is 16.6. The van der Waals surface area contributed by atoms with Crippen LogP contribution in [-0.2, 0) is 4.79 Å². The van der Waals surface area contributed by atoms with Crippen molar-refractivity contribution in [1.82, 2.24) is 0 Å². The van der Waals surface area contributed by atoms with Crippen LogP contribution in [0.25, 0.3) is 6.08 Å². The molecule has 0 spiro atoms. The van der Waals surface area contributed by atoms with Crippen LogP contribution in [0.5, 0.6) is 11.5 Å². The molecule has 0 fully saturated rings. The third-order valence-corrected chi connectivity index (χ3v) is 9.03. The highest BCUT2D eigenvalue weighted by molar-refractivity contribution is 6.83. The fourth-order valence-electron chi connectivity index (χ4n) is 4.46. The second kappa shape index (κ2) is 16.5. The Hall–Kier alpha value is -3.96. The molecule has 0 aliphatic rings. The molecule has 3 aromatic carbocycles. The van der Waals surface area contributed by atoms with E-state index in [1.54, 1.807) is 20.3 Å². The Morgan fingerprint density at radius 3 is 1.95 bits per heavy atom. The van der Waals surface area contributed by atoms with Gasteiger partial charge >= 0.3 is 0 Å². The molecule has 0 radical (unpaired) electrons. The second-order valence-electron chi connectivity index (χ2n) is 11.5. The third-order valence-electron chi connectivity index (χ3n) is 6.93. The average Bonchev–Trinajstić information content (AvgIpc) is 2.99. The molecule has 220 valence electrons. The summed E-state index contributed by atoms with van der Waals surface area (Å²) in [5, 5.41) is 1.37. The molecule has 0 bridgehead atoms. The van der Waals surface area contributed by atoms with Gasteiger partial charge < -0.3 is 9.47 Å². The van der Waals surface area contributed by atoms with Crippen molar-refractivity contribution in [3.63, 3.8) is 0 Å². The van der Waals surface area contributed by atoms with Crippen molar-refractivity contribution in [1.29, 1.82) is 0 Å². The lowest BCUT2D eigenvalue weighted by Crippen LogP contribution is -2.22. The molecular formula is C37H45NO3Si. The quantitative estimate of drug-likeness (QED) is 0.0593. The number of aliphatic imine (C=N–C) groups is 1. The topological polar surface area (TPSA) is 47.9 Å². The largest absolute Gasteiger partial charge is 0.497 e. The molecule has 0 aromatic heterocycles. The van der Waals surface area contributed by atoms with Crippen LogP contribution >= 0.6 is 0 Å². The maximum absolute atomic E-state index is 12.6. The van der Waals surface area contributed by atoms with E-state index in [0.29, 0.717) is 13.0 Å². The fraction of sp³-hybridized carbons (Fsp3) is 0.297. The zero-order valence-electron chi connectivity index (χ0n) is 26.0. The van der Waals surface area contributed by atoms with Gasteiger partial charge in [-0.1, -0.05) is 117 Å². The summed E-state index contributed by atoms with van der Waals surface area (Å²) >= 11 is 0. The molecule has 1 atom stereocenters. The lowest BCUT2D eigenvalue weighted by Gasteiger charge is -2.18. The molecule has 0 heterocycles. The zero-order valence-corrected chi connectivity index (χ0v) is 27.0. The molecule has 0 aliphatic carbocycles. The Balaban J connectivity index is 1.56. The number of hydrogen-bond acceptors (Lipinski definition) is 4. The summed E-state index contributed by atoms with van der Waals surface area (Å²) in [5.41, 5.74) is 4.21. The number of hydrogen-bond donors (Lipinski definition) is 0. The minimum absolute atomic E-state index is 0.162. The van der Waals surface area contributed by atoms with Crippen LogP contribution in [0, 0.1) is 5.92 Å². The first-order valence-corrected chi connectivity index (χ1v) is 18.2. The first-order chi connectivity index (χ1) is 20.2. The molecule has 42 heavy (non-hydrogen) atoms. The number of carbonyl (C=O) groups excluding carboxylic acids is 1. The summed E-state index contributed by atoms with van der Waals surface area (Å²) in [4.78, 5) is 17.6. The minimum atomic E-state index is -1.56. The number of ketones is 1. The zero-order chi connectivity index (χ0) is 30.4. The molecule has 0 aliphatic heterocycles. The van der Waals surface area contributed by atoms with Crippen LogP contribution in [0.15, 0.2) is 113 Å². The number of rotatable bonds is 15. The van der Waals surface area contributed by atoms with Crippen LogP contribution in [0.2, 0.25) is 19.6 Å². The van der Waals surface area contributed by atoms with Crippen molar-refractivity contribution in [2.24, 2.45) is 10.9 Å². The molecule has 3 aromatic rings. The fourth-order valence-corrected chi connectivity index (χ4v) is 5.80. The van der Waals surface area contributed by atoms with Crippen molar-refractivity contribution < 1.29 is 14.3 Å². The summed E-state index contributed by atoms with van der Waals surface area (Å²) in [5.74, 6) is 1.87. The number of ether oxygens (including phenoxy) is 2. The van der Waals surface area contributed by atoms with E-state index >= 15 is 0 Å². The first kappa shape index (κ1) is 32.6. The minimum Gasteiger partial charge on any atom is -0.497 e. The van der Waals surface area contributed by atoms with Gasteiger partial charge in [-0.15, -0.1) is 0 Å². The summed E-state index contributed by atoms with van der Waals surface area (Å²) in [6, 6.07) is 26.4. The van der Waals surface area contributed by atoms with E-state index in [1.165, 1.54) is 5.20 Å². The van der Waals surface area contributed by atoms with Crippen LogP contribution in [0.1, 0.15) is 42.9 Å². The summed E-state index contributed by atoms with van der Waals surface area (Å²) < 4.78 is 10.8. The Labute approximate surface area is 253 Å². The van der Waals surface area contributed by atoms with Crippen LogP contribution < -0.4 is 9.47 Å². The smallest absolute Gasteiger partial charge is 0.155 e. The third kappa shape index (κ3) is 10.8. The van der Waals surface area contributed by atoms with E-state index in [2.05, 4.69) is 69.1 Å². The predicted molar refractivity (Wildman–Crippen MR) is 181 cm³/mol. The van der Waals surface area contributed by atoms with Crippen LogP contribution in [0.3, 0.4) is 0 Å². The molecule has 0 saturated heterocycles. The predicted octanol–water partition coefficient (Wildman–Crippen LogP) is 8.99. The van der Waals surface area contributed by atoms with Gasteiger partial charge in [0.05, 0.1) is 28.0 Å². The summed E-state index contributed by atoms with van der Waals surface area (Å²) in [6.45, 7) is 9.75. The van der Waals surface area contributed by atoms with Gasteiger partial charge in [0.25, 0.3) is 0 Å². The maximum atomic E-state index is 12.6. The van der Waals surface area contributed by atoms with E-state index in [9.17, 15) is 4.79 Å². The van der Waals surface area contributed by atoms with Crippen molar-refractivity contribution >= 4 is 25.6 Å². The van der Waals surface area contributed by atoms with E-state index in [4.69, 9.17) is 14.5 Å². The monoisotopic (exact) mass is 579 g/mol. The van der Waals surface area contributed by atoms with Gasteiger partial charge in [0, 0.05) is 30.2 Å². The van der Waals surface area contributed by atoms with E-state index < -0.39 is 8.07 Å². The van der Waals surface area contributed by atoms with Gasteiger partial charge in [-0.2, -0.15) is 0 Å². The molecule has 0 N–H and O–H groups in total. The highest BCUT2D eigenvalue weighted by Gasteiger charge is 2.17. The molecule has 3 rings (SSSR count). The highest BCUT2D eigenvalue weighted by Crippen LogP contribution is 2.25. The normalized spacial score (nSPS) is 12.9. The molecule has 0 unspecified atom stereocenters. The number of unbranched alkanes of at least 4 members (excludes halogenated alkanes) is 1. The molecular weight excluding hydrogens is 534 g/mol. The lowest BCUT2D eigenvalue weighted by molar-refractivity contribution is -0.114. The average molecular weight is 580 g/mol. The summed E-state index contributed by atoms with van der Waals surface area (Å²) in [7, 11) is 1.76. The summed E-state index contributed by atoms with van der Waals surface area (Å²) in [6.07, 6.45) is 12.6. The van der Waals surface area contributed by atoms with Crippen LogP contribution in [0.4, 0.5) is 0 Å². The van der Waals surface area contributed by atoms with E-state index in [0.717, 1.165) is 46.7 Å². The maximum Gasteiger partial charge on any atom is 0.155 e. The number of allylic oxidation sites excluding steroid dienone is 4. The Kier molecular flexibility index (Phi) is 12.8. The number of methoxy groups -OCH3 is 2. The van der Waals surface area contributed by atoms with Crippen LogP contribution in [-0.4, -0.2) is 40.3 Å². The Bertz CT molecular complexity index is 1340. The lowest BCUT2D eigenvalue weighted by atomic mass is 10.0. The first-order valence-electron chi connectivity index (χ1n) is 14.7. The van der Waals surface area contributed by atoms with Crippen molar-refractivity contribution in [2.45, 2.75) is 45.8 Å². The highest BCUT2D eigenvalue weighted by atomic mass is 28.3. The number of carbonyl (C=O) groups is 1. The molecule has 0 saturated carbocycles. The van der Waals surface area contributed by atoms with Gasteiger partial charge in [-0.25, -0.2) is 0 Å². The van der Waals surface area contributed by atoms with Gasteiger partial charge in [0.1, 0.15) is 11.5 Å². The van der Waals surface area contributed by atoms with Crippen molar-refractivity contribution in [2.75, 3.05) is 20.8 Å². The Morgan fingerprint density at radius 2 is 1.43 bits per heavy atom. The molecule has 4 nitrogen and oxygen atoms in total. The molecule has 5 heteroatoms. The van der Waals surface area contributed by atoms with Gasteiger partial charge in [-0.05, 0) is 42.5 Å². The standard InChI is InChI=1S/C37H45NO3Si/c1-29(28-38-37(31-15-9-7-10-16-31)32-17-11-8-12-18-32)21-23-33(39)19-13-14-20-36(42(4,5)6)24-22-30-25-34(40-2)27-35(26-30)41-3/h7-12,15-18,20-27,29H,13-14,19,28H2,1-6H3/b23-21+,24-22+,36-20-/t29-/m1/s1.